The van der Waals surface area contributed by atoms with Gasteiger partial charge in [0.15, 0.2) is 0 Å². The molecule has 0 saturated carbocycles. The minimum atomic E-state index is 0.415. The number of aromatic nitrogens is 1. The Labute approximate surface area is 110 Å². The van der Waals surface area contributed by atoms with E-state index in [1.165, 1.54) is 6.20 Å². The van der Waals surface area contributed by atoms with Crippen LogP contribution in [0.2, 0.25) is 0 Å². The van der Waals surface area contributed by atoms with Gasteiger partial charge in [-0.2, -0.15) is 0 Å². The van der Waals surface area contributed by atoms with Crippen LogP contribution in [0, 0.1) is 0 Å². The second-order valence-electron chi connectivity index (χ2n) is 3.68. The van der Waals surface area contributed by atoms with Crippen molar-refractivity contribution >= 4 is 5.69 Å². The maximum atomic E-state index is 8.27. The summed E-state index contributed by atoms with van der Waals surface area (Å²) in [5, 5.41) is 3.43. The second-order valence-corrected chi connectivity index (χ2v) is 3.68. The summed E-state index contributed by atoms with van der Waals surface area (Å²) in [7, 11) is 1.63. The Hall–Kier alpha value is -2.72. The van der Waals surface area contributed by atoms with E-state index in [0.29, 0.717) is 18.2 Å². The Balaban J connectivity index is 1.95. The number of ether oxygens (including phenoxy) is 2. The van der Waals surface area contributed by atoms with Gasteiger partial charge in [-0.15, -0.1) is 0 Å². The van der Waals surface area contributed by atoms with Crippen LogP contribution in [0.3, 0.4) is 0 Å². The molecule has 0 unspecified atom stereocenters. The fourth-order valence-corrected chi connectivity index (χ4v) is 1.45. The molecule has 2 aromatic rings. The van der Waals surface area contributed by atoms with Gasteiger partial charge in [-0.3, -0.25) is 0 Å². The highest BCUT2D eigenvalue weighted by Crippen LogP contribution is 2.16. The zero-order valence-corrected chi connectivity index (χ0v) is 10.4. The third-order valence-corrected chi connectivity index (χ3v) is 2.43. The average molecular weight is 256 g/mol. The fraction of sp³-hybridized carbons (Fsp3) is 0.154. The highest BCUT2D eigenvalue weighted by molar-refractivity contribution is 5.35. The maximum absolute atomic E-state index is 8.27. The van der Waals surface area contributed by atoms with E-state index in [2.05, 4.69) is 15.0 Å². The normalized spacial score (nSPS) is 9.53. The highest BCUT2D eigenvalue weighted by Gasteiger charge is 1.98. The number of rotatable bonds is 5. The summed E-state index contributed by atoms with van der Waals surface area (Å²) in [6, 6.07) is 10.9. The molecule has 0 N–H and O–H groups in total. The first-order valence-electron chi connectivity index (χ1n) is 5.58. The third kappa shape index (κ3) is 3.62. The summed E-state index contributed by atoms with van der Waals surface area (Å²) >= 11 is 0. The SMILES string of the molecule is COc1ccc(COc2ccc(N=[N+]=[N-])cn2)cc1. The van der Waals surface area contributed by atoms with Crippen molar-refractivity contribution in [2.75, 3.05) is 7.11 Å². The molecule has 0 fully saturated rings. The van der Waals surface area contributed by atoms with E-state index in [-0.39, 0.29) is 0 Å². The van der Waals surface area contributed by atoms with E-state index >= 15 is 0 Å². The molecule has 0 amide bonds. The van der Waals surface area contributed by atoms with Gasteiger partial charge in [0.25, 0.3) is 0 Å². The standard InChI is InChI=1S/C13H12N4O2/c1-18-12-5-2-10(3-6-12)9-19-13-7-4-11(8-15-13)16-17-14/h2-8H,9H2,1H3. The van der Waals surface area contributed by atoms with Crippen LogP contribution in [0.5, 0.6) is 11.6 Å². The van der Waals surface area contributed by atoms with Crippen molar-refractivity contribution in [3.8, 4) is 11.6 Å². The van der Waals surface area contributed by atoms with Crippen molar-refractivity contribution in [2.45, 2.75) is 6.61 Å². The van der Waals surface area contributed by atoms with Gasteiger partial charge in [-0.25, -0.2) is 4.98 Å². The molecule has 0 atom stereocenters. The van der Waals surface area contributed by atoms with Crippen LogP contribution in [-0.2, 0) is 6.61 Å². The quantitative estimate of drug-likeness (QED) is 0.465. The Morgan fingerprint density at radius 1 is 1.21 bits per heavy atom. The average Bonchev–Trinajstić information content (AvgIpc) is 2.47. The van der Waals surface area contributed by atoms with Gasteiger partial charge in [0, 0.05) is 17.2 Å². The fourth-order valence-electron chi connectivity index (χ4n) is 1.45. The Morgan fingerprint density at radius 3 is 2.58 bits per heavy atom. The smallest absolute Gasteiger partial charge is 0.213 e. The van der Waals surface area contributed by atoms with Crippen molar-refractivity contribution in [1.82, 2.24) is 4.98 Å². The molecular formula is C13H12N4O2. The van der Waals surface area contributed by atoms with E-state index in [1.54, 1.807) is 19.2 Å². The first-order valence-corrected chi connectivity index (χ1v) is 5.58. The Morgan fingerprint density at radius 2 is 2.00 bits per heavy atom. The van der Waals surface area contributed by atoms with Crippen LogP contribution in [-0.4, -0.2) is 12.1 Å². The van der Waals surface area contributed by atoms with Gasteiger partial charge in [0.1, 0.15) is 12.4 Å². The first kappa shape index (κ1) is 12.7. The summed E-state index contributed by atoms with van der Waals surface area (Å²) < 4.78 is 10.6. The molecule has 0 saturated heterocycles. The monoisotopic (exact) mass is 256 g/mol. The van der Waals surface area contributed by atoms with E-state index in [4.69, 9.17) is 15.0 Å². The van der Waals surface area contributed by atoms with Crippen molar-refractivity contribution in [3.63, 3.8) is 0 Å². The molecular weight excluding hydrogens is 244 g/mol. The number of nitrogens with zero attached hydrogens (tertiary/aromatic N) is 4. The molecule has 2 rings (SSSR count). The molecule has 6 nitrogen and oxygen atoms in total. The lowest BCUT2D eigenvalue weighted by molar-refractivity contribution is 0.294. The Bertz CT molecular complexity index is 575. The summed E-state index contributed by atoms with van der Waals surface area (Å²) in [4.78, 5) is 6.71. The Kier molecular flexibility index (Phi) is 4.21. The highest BCUT2D eigenvalue weighted by atomic mass is 16.5. The molecule has 19 heavy (non-hydrogen) atoms. The third-order valence-electron chi connectivity index (χ3n) is 2.43. The molecule has 0 aliphatic carbocycles. The number of hydrogen-bond donors (Lipinski definition) is 0. The van der Waals surface area contributed by atoms with Gasteiger partial charge in [0.05, 0.1) is 12.8 Å². The van der Waals surface area contributed by atoms with Crippen LogP contribution in [0.25, 0.3) is 10.4 Å². The van der Waals surface area contributed by atoms with E-state index < -0.39 is 0 Å². The van der Waals surface area contributed by atoms with Crippen molar-refractivity contribution < 1.29 is 9.47 Å². The zero-order valence-electron chi connectivity index (χ0n) is 10.4. The van der Waals surface area contributed by atoms with Crippen molar-refractivity contribution in [3.05, 3.63) is 58.6 Å². The summed E-state index contributed by atoms with van der Waals surface area (Å²) in [6.45, 7) is 0.415. The lowest BCUT2D eigenvalue weighted by Crippen LogP contribution is -1.96. The van der Waals surface area contributed by atoms with E-state index in [9.17, 15) is 0 Å². The first-order chi connectivity index (χ1) is 9.31. The van der Waals surface area contributed by atoms with Gasteiger partial charge in [-0.1, -0.05) is 17.2 Å². The largest absolute Gasteiger partial charge is 0.497 e. The molecule has 0 bridgehead atoms. The van der Waals surface area contributed by atoms with E-state index in [1.807, 2.05) is 24.3 Å². The molecule has 0 spiro atoms. The van der Waals surface area contributed by atoms with E-state index in [0.717, 1.165) is 11.3 Å². The minimum absolute atomic E-state index is 0.415. The molecule has 0 aliphatic heterocycles. The van der Waals surface area contributed by atoms with Crippen LogP contribution in [0.1, 0.15) is 5.56 Å². The van der Waals surface area contributed by atoms with Crippen molar-refractivity contribution in [1.29, 1.82) is 0 Å². The predicted molar refractivity (Wildman–Crippen MR) is 70.4 cm³/mol. The van der Waals surface area contributed by atoms with Crippen LogP contribution in [0.4, 0.5) is 5.69 Å². The molecule has 1 aromatic carbocycles. The lowest BCUT2D eigenvalue weighted by atomic mass is 10.2. The molecule has 1 heterocycles. The molecule has 6 heteroatoms. The molecule has 0 radical (unpaired) electrons. The number of hydrogen-bond acceptors (Lipinski definition) is 4. The van der Waals surface area contributed by atoms with Gasteiger partial charge in [0.2, 0.25) is 5.88 Å². The summed E-state index contributed by atoms with van der Waals surface area (Å²) in [6.07, 6.45) is 1.46. The summed E-state index contributed by atoms with van der Waals surface area (Å²) in [5.41, 5.74) is 9.75. The maximum Gasteiger partial charge on any atom is 0.213 e. The van der Waals surface area contributed by atoms with Crippen LogP contribution >= 0.6 is 0 Å². The topological polar surface area (TPSA) is 80.1 Å². The number of methoxy groups -OCH3 is 1. The molecule has 1 aromatic heterocycles. The minimum Gasteiger partial charge on any atom is -0.497 e. The van der Waals surface area contributed by atoms with Crippen molar-refractivity contribution in [2.24, 2.45) is 5.11 Å². The molecule has 0 aliphatic rings. The van der Waals surface area contributed by atoms with Gasteiger partial charge in [-0.05, 0) is 29.3 Å². The summed E-state index contributed by atoms with van der Waals surface area (Å²) in [5.74, 6) is 1.29. The number of pyridine rings is 1. The zero-order chi connectivity index (χ0) is 13.5. The van der Waals surface area contributed by atoms with Crippen LogP contribution < -0.4 is 9.47 Å². The van der Waals surface area contributed by atoms with Crippen LogP contribution in [0.15, 0.2) is 47.7 Å². The van der Waals surface area contributed by atoms with Gasteiger partial charge < -0.3 is 9.47 Å². The van der Waals surface area contributed by atoms with Gasteiger partial charge >= 0.3 is 0 Å². The lowest BCUT2D eigenvalue weighted by Gasteiger charge is -2.06. The number of azide groups is 1. The molecule has 96 valence electrons. The number of benzene rings is 1. The predicted octanol–water partition coefficient (Wildman–Crippen LogP) is 3.61. The second kappa shape index (κ2) is 6.28.